The molecule has 7 nitrogen and oxygen atoms in total. The Kier molecular flexibility index (Phi) is 6.11. The number of aromatic nitrogens is 6. The maximum absolute atomic E-state index is 9.46. The van der Waals surface area contributed by atoms with E-state index in [1.807, 2.05) is 18.2 Å². The van der Waals surface area contributed by atoms with E-state index in [1.54, 1.807) is 6.20 Å². The lowest BCUT2D eigenvalue weighted by atomic mass is 9.76. The summed E-state index contributed by atoms with van der Waals surface area (Å²) >= 11 is 7.30. The molecule has 8 heteroatoms. The molecule has 3 aromatic rings. The summed E-state index contributed by atoms with van der Waals surface area (Å²) in [5, 5.41) is 24.2. The van der Waals surface area contributed by atoms with Gasteiger partial charge in [-0.15, -0.1) is 21.8 Å². The van der Waals surface area contributed by atoms with Crippen LogP contribution in [0, 0.1) is 0 Å². The summed E-state index contributed by atoms with van der Waals surface area (Å²) in [4.78, 5) is 7.07. The fourth-order valence-electron chi connectivity index (χ4n) is 4.01. The molecule has 0 fully saturated rings. The number of aliphatic hydroxyl groups excluding tert-OH is 1. The first-order valence-corrected chi connectivity index (χ1v) is 10.6. The molecule has 1 aliphatic rings. The minimum atomic E-state index is -0.700. The van der Waals surface area contributed by atoms with E-state index >= 15 is 0 Å². The van der Waals surface area contributed by atoms with Crippen molar-refractivity contribution in [3.63, 3.8) is 0 Å². The first-order chi connectivity index (χ1) is 14.6. The molecule has 1 aromatic carbocycles. The van der Waals surface area contributed by atoms with Crippen LogP contribution in [0.1, 0.15) is 61.4 Å². The molecule has 0 aliphatic heterocycles. The van der Waals surface area contributed by atoms with Crippen LogP contribution in [-0.2, 0) is 6.61 Å². The van der Waals surface area contributed by atoms with Gasteiger partial charge in [-0.3, -0.25) is 0 Å². The number of H-pyrrole nitrogens is 2. The summed E-state index contributed by atoms with van der Waals surface area (Å²) in [6.45, 7) is 2.08. The number of alkyl halides is 1. The molecule has 0 radical (unpaired) electrons. The molecule has 0 saturated heterocycles. The molecule has 2 heterocycles. The molecule has 156 valence electrons. The molecule has 2 aromatic heterocycles. The Morgan fingerprint density at radius 3 is 2.77 bits per heavy atom. The van der Waals surface area contributed by atoms with Crippen LogP contribution in [0.25, 0.3) is 11.1 Å². The number of nitrogens with zero attached hydrogens (tertiary/aromatic N) is 4. The van der Waals surface area contributed by atoms with Gasteiger partial charge in [-0.1, -0.05) is 62.2 Å². The Morgan fingerprint density at radius 1 is 1.27 bits per heavy atom. The largest absolute Gasteiger partial charge is 0.390 e. The number of hydrogen-bond acceptors (Lipinski definition) is 5. The van der Waals surface area contributed by atoms with E-state index in [2.05, 4.69) is 61.8 Å². The predicted octanol–water partition coefficient (Wildman–Crippen LogP) is 4.24. The highest BCUT2D eigenvalue weighted by atomic mass is 35.5. The molecule has 30 heavy (non-hydrogen) atoms. The lowest BCUT2D eigenvalue weighted by Gasteiger charge is -2.35. The Morgan fingerprint density at radius 2 is 2.10 bits per heavy atom. The Hall–Kier alpha value is -2.77. The summed E-state index contributed by atoms with van der Waals surface area (Å²) in [6, 6.07) is 10.1. The average Bonchev–Trinajstić information content (AvgIpc) is 3.47. The smallest absolute Gasteiger partial charge is 0.201 e. The zero-order valence-electron chi connectivity index (χ0n) is 16.8. The molecule has 0 bridgehead atoms. The normalized spacial score (nSPS) is 20.0. The zero-order chi connectivity index (χ0) is 21.0. The number of allylic oxidation sites excluding steroid dienone is 4. The third-order valence-corrected chi connectivity index (χ3v) is 6.10. The van der Waals surface area contributed by atoms with Gasteiger partial charge >= 0.3 is 0 Å². The van der Waals surface area contributed by atoms with Gasteiger partial charge in [0, 0.05) is 17.9 Å². The molecule has 0 spiro atoms. The van der Waals surface area contributed by atoms with Crippen molar-refractivity contribution in [1.82, 2.24) is 30.6 Å². The number of tetrazole rings is 1. The van der Waals surface area contributed by atoms with Crippen molar-refractivity contribution in [3.8, 4) is 0 Å². The van der Waals surface area contributed by atoms with Crippen LogP contribution >= 0.6 is 11.6 Å². The van der Waals surface area contributed by atoms with Crippen LogP contribution in [0.15, 0.2) is 48.7 Å². The van der Waals surface area contributed by atoms with Crippen LogP contribution in [-0.4, -0.2) is 40.6 Å². The molecule has 1 aliphatic carbocycles. The van der Waals surface area contributed by atoms with E-state index in [0.717, 1.165) is 41.8 Å². The van der Waals surface area contributed by atoms with Gasteiger partial charge in [-0.05, 0) is 22.8 Å². The predicted molar refractivity (Wildman–Crippen MR) is 117 cm³/mol. The van der Waals surface area contributed by atoms with Gasteiger partial charge in [-0.25, -0.2) is 4.98 Å². The molecular formula is C22H25ClN6O. The highest BCUT2D eigenvalue weighted by Crippen LogP contribution is 2.48. The van der Waals surface area contributed by atoms with Crippen molar-refractivity contribution >= 4 is 22.7 Å². The quantitative estimate of drug-likeness (QED) is 0.469. The van der Waals surface area contributed by atoms with E-state index in [0.29, 0.717) is 17.9 Å². The summed E-state index contributed by atoms with van der Waals surface area (Å²) < 4.78 is 0. The van der Waals surface area contributed by atoms with E-state index in [9.17, 15) is 5.11 Å². The van der Waals surface area contributed by atoms with Crippen molar-refractivity contribution in [2.24, 2.45) is 0 Å². The van der Waals surface area contributed by atoms with Gasteiger partial charge in [0.2, 0.25) is 5.82 Å². The molecule has 4 rings (SSSR count). The molecule has 0 saturated carbocycles. The van der Waals surface area contributed by atoms with Crippen LogP contribution in [0.2, 0.25) is 0 Å². The third-order valence-electron chi connectivity index (χ3n) is 5.57. The average molecular weight is 425 g/mol. The van der Waals surface area contributed by atoms with Gasteiger partial charge < -0.3 is 10.1 Å². The number of rotatable bonds is 8. The van der Waals surface area contributed by atoms with Crippen LogP contribution in [0.4, 0.5) is 0 Å². The zero-order valence-corrected chi connectivity index (χ0v) is 17.6. The Balaban J connectivity index is 1.75. The lowest BCUT2D eigenvalue weighted by Crippen LogP contribution is -2.31. The number of aliphatic hydroxyl groups is 1. The minimum Gasteiger partial charge on any atom is -0.390 e. The fraction of sp³-hybridized carbons (Fsp3) is 0.364. The Bertz CT molecular complexity index is 1030. The second-order valence-corrected chi connectivity index (χ2v) is 8.28. The van der Waals surface area contributed by atoms with Gasteiger partial charge in [0.1, 0.15) is 5.82 Å². The summed E-state index contributed by atoms with van der Waals surface area (Å²) in [5.74, 6) is 1.30. The SMILES string of the molecule is CCCCC(c1ncc(CO)[nH]1)C1(Cl)C=CC(c2ccccc2)=C(c2nn[nH]n2)C1. The van der Waals surface area contributed by atoms with E-state index in [1.165, 1.54) is 0 Å². The van der Waals surface area contributed by atoms with Gasteiger partial charge in [-0.2, -0.15) is 5.21 Å². The molecular weight excluding hydrogens is 400 g/mol. The van der Waals surface area contributed by atoms with E-state index < -0.39 is 4.87 Å². The number of halogens is 1. The van der Waals surface area contributed by atoms with Gasteiger partial charge in [0.25, 0.3) is 0 Å². The monoisotopic (exact) mass is 424 g/mol. The lowest BCUT2D eigenvalue weighted by molar-refractivity contribution is 0.277. The highest BCUT2D eigenvalue weighted by Gasteiger charge is 2.41. The van der Waals surface area contributed by atoms with Crippen molar-refractivity contribution in [2.75, 3.05) is 0 Å². The summed E-state index contributed by atoms with van der Waals surface area (Å²) in [5.41, 5.74) is 3.75. The molecule has 2 atom stereocenters. The van der Waals surface area contributed by atoms with E-state index in [-0.39, 0.29) is 12.5 Å². The minimum absolute atomic E-state index is 0.0464. The van der Waals surface area contributed by atoms with E-state index in [4.69, 9.17) is 11.6 Å². The van der Waals surface area contributed by atoms with Gasteiger partial charge in [0.05, 0.1) is 23.4 Å². The summed E-state index contributed by atoms with van der Waals surface area (Å²) in [6.07, 6.45) is 9.31. The highest BCUT2D eigenvalue weighted by molar-refractivity contribution is 6.27. The first-order valence-electron chi connectivity index (χ1n) is 10.2. The summed E-state index contributed by atoms with van der Waals surface area (Å²) in [7, 11) is 0. The van der Waals surface area contributed by atoms with Gasteiger partial charge in [0.15, 0.2) is 0 Å². The number of benzene rings is 1. The molecule has 3 N–H and O–H groups in total. The Labute approximate surface area is 180 Å². The number of hydrogen-bond donors (Lipinski definition) is 3. The molecule has 2 unspecified atom stereocenters. The first kappa shape index (κ1) is 20.5. The third kappa shape index (κ3) is 4.08. The molecule has 0 amide bonds. The van der Waals surface area contributed by atoms with Crippen LogP contribution in [0.3, 0.4) is 0 Å². The maximum Gasteiger partial charge on any atom is 0.201 e. The standard InChI is InChI=1S/C22H25ClN6O/c1-2-3-9-19(21-24-13-16(14-30)25-21)22(23)11-10-17(15-7-5-4-6-8-15)18(12-22)20-26-28-29-27-20/h4-8,10-11,13,19,30H,2-3,9,12,14H2,1H3,(H,24,25)(H,26,27,28,29). The maximum atomic E-state index is 9.46. The van der Waals surface area contributed by atoms with Crippen molar-refractivity contribution < 1.29 is 5.11 Å². The van der Waals surface area contributed by atoms with Crippen LogP contribution in [0.5, 0.6) is 0 Å². The number of nitrogens with one attached hydrogen (secondary N) is 2. The topological polar surface area (TPSA) is 103 Å². The fourth-order valence-corrected chi connectivity index (χ4v) is 4.42. The number of unbranched alkanes of at least 4 members (excludes halogenated alkanes) is 1. The second kappa shape index (κ2) is 8.93. The number of aromatic amines is 2. The second-order valence-electron chi connectivity index (χ2n) is 7.58. The van der Waals surface area contributed by atoms with Crippen LogP contribution < -0.4 is 0 Å². The number of imidazole rings is 1. The van der Waals surface area contributed by atoms with Crippen molar-refractivity contribution in [1.29, 1.82) is 0 Å². The van der Waals surface area contributed by atoms with Crippen molar-refractivity contribution in [2.45, 2.75) is 50.0 Å². The van der Waals surface area contributed by atoms with Crippen molar-refractivity contribution in [3.05, 3.63) is 71.6 Å².